The maximum atomic E-state index is 12.8. The molecule has 0 aliphatic rings. The number of likely N-dealkylation sites (N-methyl/N-ethyl adjacent to an activating group) is 1. The smallest absolute Gasteiger partial charge is 0.250 e. The highest BCUT2D eigenvalue weighted by Crippen LogP contribution is 2.22. The van der Waals surface area contributed by atoms with Crippen molar-refractivity contribution in [2.45, 2.75) is 37.1 Å². The van der Waals surface area contributed by atoms with E-state index in [1.807, 2.05) is 13.8 Å². The Hall–Kier alpha value is -2.21. The number of hydrogen-bond acceptors (Lipinski definition) is 5. The van der Waals surface area contributed by atoms with Gasteiger partial charge in [-0.1, -0.05) is 18.2 Å². The first-order valence-electron chi connectivity index (χ1n) is 8.16. The molecule has 0 saturated heterocycles. The van der Waals surface area contributed by atoms with Crippen LogP contribution in [0.4, 0.5) is 0 Å². The number of amides is 1. The number of benzene rings is 1. The number of thiophene rings is 1. The zero-order valence-corrected chi connectivity index (χ0v) is 16.5. The fraction of sp³-hybridized carbons (Fsp3) is 0.333. The standard InChI is InChI=1S/C18H21N3O3S2/c1-4-21(14(3)16-9-7-15(12-19)8-10-16)18(22)13(2)20-26(23,24)17-6-5-11-25-17/h5-11,13-14,20H,4H2,1-3H3. The quantitative estimate of drug-likeness (QED) is 0.786. The SMILES string of the molecule is CCN(C(=O)C(C)NS(=O)(=O)c1cccs1)C(C)c1ccc(C#N)cc1. The van der Waals surface area contributed by atoms with Gasteiger partial charge < -0.3 is 4.90 Å². The molecule has 26 heavy (non-hydrogen) atoms. The molecule has 1 amide bonds. The van der Waals surface area contributed by atoms with Gasteiger partial charge in [0.2, 0.25) is 5.91 Å². The van der Waals surface area contributed by atoms with E-state index in [9.17, 15) is 13.2 Å². The molecule has 1 aromatic carbocycles. The first-order chi connectivity index (χ1) is 12.3. The third-order valence-corrected chi connectivity index (χ3v) is 7.01. The third-order valence-electron chi connectivity index (χ3n) is 4.08. The molecule has 8 heteroatoms. The van der Waals surface area contributed by atoms with Crippen molar-refractivity contribution < 1.29 is 13.2 Å². The van der Waals surface area contributed by atoms with E-state index in [1.54, 1.807) is 47.5 Å². The second-order valence-corrected chi connectivity index (χ2v) is 8.70. The lowest BCUT2D eigenvalue weighted by molar-refractivity contribution is -0.134. The van der Waals surface area contributed by atoms with Gasteiger partial charge in [-0.2, -0.15) is 9.98 Å². The molecule has 6 nitrogen and oxygen atoms in total. The molecule has 1 heterocycles. The number of carbonyl (C=O) groups excluding carboxylic acids is 1. The van der Waals surface area contributed by atoms with Gasteiger partial charge in [0.15, 0.2) is 0 Å². The van der Waals surface area contributed by atoms with Gasteiger partial charge in [0.25, 0.3) is 10.0 Å². The van der Waals surface area contributed by atoms with Crippen LogP contribution in [-0.2, 0) is 14.8 Å². The molecule has 1 N–H and O–H groups in total. The van der Waals surface area contributed by atoms with E-state index in [0.717, 1.165) is 16.9 Å². The Balaban J connectivity index is 2.15. The second-order valence-electron chi connectivity index (χ2n) is 5.81. The minimum atomic E-state index is -3.72. The Morgan fingerprint density at radius 3 is 2.42 bits per heavy atom. The van der Waals surface area contributed by atoms with Gasteiger partial charge in [-0.3, -0.25) is 4.79 Å². The summed E-state index contributed by atoms with van der Waals surface area (Å²) in [5, 5.41) is 10.6. The Bertz CT molecular complexity index is 885. The minimum absolute atomic E-state index is 0.181. The van der Waals surface area contributed by atoms with Gasteiger partial charge in [-0.15, -0.1) is 11.3 Å². The van der Waals surface area contributed by atoms with Crippen molar-refractivity contribution in [1.29, 1.82) is 5.26 Å². The fourth-order valence-electron chi connectivity index (χ4n) is 2.64. The predicted octanol–water partition coefficient (Wildman–Crippen LogP) is 2.90. The molecule has 0 bridgehead atoms. The number of rotatable bonds is 7. The molecule has 0 aliphatic heterocycles. The molecule has 0 saturated carbocycles. The largest absolute Gasteiger partial charge is 0.335 e. The number of nitrogens with zero attached hydrogens (tertiary/aromatic N) is 2. The minimum Gasteiger partial charge on any atom is -0.335 e. The van der Waals surface area contributed by atoms with E-state index in [0.29, 0.717) is 12.1 Å². The summed E-state index contributed by atoms with van der Waals surface area (Å²) in [6, 6.07) is 11.1. The number of hydrogen-bond donors (Lipinski definition) is 1. The molecule has 2 aromatic rings. The van der Waals surface area contributed by atoms with Crippen LogP contribution in [0.1, 0.15) is 37.9 Å². The maximum Gasteiger partial charge on any atom is 0.250 e. The predicted molar refractivity (Wildman–Crippen MR) is 101 cm³/mol. The summed E-state index contributed by atoms with van der Waals surface area (Å²) in [6.07, 6.45) is 0. The van der Waals surface area contributed by atoms with Crippen molar-refractivity contribution in [3.63, 3.8) is 0 Å². The number of carbonyl (C=O) groups is 1. The van der Waals surface area contributed by atoms with Crippen LogP contribution < -0.4 is 4.72 Å². The van der Waals surface area contributed by atoms with E-state index < -0.39 is 16.1 Å². The molecular weight excluding hydrogens is 370 g/mol. The van der Waals surface area contributed by atoms with E-state index in [2.05, 4.69) is 10.8 Å². The highest BCUT2D eigenvalue weighted by molar-refractivity contribution is 7.91. The van der Waals surface area contributed by atoms with Crippen LogP contribution in [0.25, 0.3) is 0 Å². The molecule has 2 atom stereocenters. The highest BCUT2D eigenvalue weighted by Gasteiger charge is 2.28. The molecule has 0 fully saturated rings. The molecule has 138 valence electrons. The average molecular weight is 392 g/mol. The fourth-order valence-corrected chi connectivity index (χ4v) is 4.85. The summed E-state index contributed by atoms with van der Waals surface area (Å²) in [5.41, 5.74) is 1.43. The Labute approximate surface area is 158 Å². The van der Waals surface area contributed by atoms with Crippen LogP contribution in [0.5, 0.6) is 0 Å². The highest BCUT2D eigenvalue weighted by atomic mass is 32.2. The molecular formula is C18H21N3O3S2. The van der Waals surface area contributed by atoms with Gasteiger partial charge >= 0.3 is 0 Å². The number of nitriles is 1. The summed E-state index contributed by atoms with van der Waals surface area (Å²) < 4.78 is 27.3. The van der Waals surface area contributed by atoms with Crippen LogP contribution in [0, 0.1) is 11.3 Å². The van der Waals surface area contributed by atoms with Gasteiger partial charge in [0.1, 0.15) is 4.21 Å². The number of sulfonamides is 1. The third kappa shape index (κ3) is 4.49. The first kappa shape index (κ1) is 20.1. The van der Waals surface area contributed by atoms with Gasteiger partial charge in [-0.25, -0.2) is 8.42 Å². The summed E-state index contributed by atoms with van der Waals surface area (Å²) in [7, 11) is -3.72. The maximum absolute atomic E-state index is 12.8. The zero-order chi connectivity index (χ0) is 19.3. The van der Waals surface area contributed by atoms with Crippen LogP contribution in [0.15, 0.2) is 46.0 Å². The van der Waals surface area contributed by atoms with E-state index >= 15 is 0 Å². The summed E-state index contributed by atoms with van der Waals surface area (Å²) in [4.78, 5) is 14.4. The van der Waals surface area contributed by atoms with E-state index in [1.165, 1.54) is 6.07 Å². The molecule has 0 aliphatic carbocycles. The lowest BCUT2D eigenvalue weighted by Crippen LogP contribution is -2.47. The van der Waals surface area contributed by atoms with E-state index in [-0.39, 0.29) is 16.2 Å². The van der Waals surface area contributed by atoms with Crippen molar-refractivity contribution >= 4 is 27.3 Å². The molecule has 2 rings (SSSR count). The van der Waals surface area contributed by atoms with Crippen LogP contribution in [-0.4, -0.2) is 31.8 Å². The van der Waals surface area contributed by atoms with Gasteiger partial charge in [-0.05, 0) is 49.9 Å². The Kier molecular flexibility index (Phi) is 6.53. The van der Waals surface area contributed by atoms with E-state index in [4.69, 9.17) is 5.26 Å². The van der Waals surface area contributed by atoms with Crippen molar-refractivity contribution in [1.82, 2.24) is 9.62 Å². The van der Waals surface area contributed by atoms with Crippen LogP contribution in [0.2, 0.25) is 0 Å². The summed E-state index contributed by atoms with van der Waals surface area (Å²) >= 11 is 1.10. The van der Waals surface area contributed by atoms with Gasteiger partial charge in [0, 0.05) is 6.54 Å². The Morgan fingerprint density at radius 2 is 1.92 bits per heavy atom. The van der Waals surface area contributed by atoms with Crippen LogP contribution >= 0.6 is 11.3 Å². The monoisotopic (exact) mass is 391 g/mol. The molecule has 0 spiro atoms. The summed E-state index contributed by atoms with van der Waals surface area (Å²) in [6.45, 7) is 5.70. The average Bonchev–Trinajstić information content (AvgIpc) is 3.17. The van der Waals surface area contributed by atoms with Crippen molar-refractivity contribution in [2.75, 3.05) is 6.54 Å². The first-order valence-corrected chi connectivity index (χ1v) is 10.5. The van der Waals surface area contributed by atoms with Crippen molar-refractivity contribution in [2.24, 2.45) is 0 Å². The molecule has 2 unspecified atom stereocenters. The molecule has 0 radical (unpaired) electrons. The van der Waals surface area contributed by atoms with Gasteiger partial charge in [0.05, 0.1) is 23.7 Å². The second kappa shape index (κ2) is 8.45. The normalized spacial score (nSPS) is 13.6. The topological polar surface area (TPSA) is 90.3 Å². The van der Waals surface area contributed by atoms with Crippen molar-refractivity contribution in [3.8, 4) is 6.07 Å². The Morgan fingerprint density at radius 1 is 1.27 bits per heavy atom. The van der Waals surface area contributed by atoms with Crippen LogP contribution in [0.3, 0.4) is 0 Å². The number of nitrogens with one attached hydrogen (secondary N) is 1. The lowest BCUT2D eigenvalue weighted by Gasteiger charge is -2.31. The van der Waals surface area contributed by atoms with Crippen molar-refractivity contribution in [3.05, 3.63) is 52.9 Å². The molecule has 1 aromatic heterocycles. The lowest BCUT2D eigenvalue weighted by atomic mass is 10.0. The summed E-state index contributed by atoms with van der Waals surface area (Å²) in [5.74, 6) is -0.301. The zero-order valence-electron chi connectivity index (χ0n) is 14.8.